The summed E-state index contributed by atoms with van der Waals surface area (Å²) >= 11 is 6.02. The molecule has 5 rings (SSSR count). The molecule has 3 N–H and O–H groups in total. The van der Waals surface area contributed by atoms with Gasteiger partial charge in [-0.1, -0.05) is 11.6 Å². The zero-order chi connectivity index (χ0) is 26.1. The van der Waals surface area contributed by atoms with Gasteiger partial charge in [0.1, 0.15) is 11.6 Å². The van der Waals surface area contributed by atoms with Crippen molar-refractivity contribution in [2.45, 2.75) is 32.5 Å². The molecule has 1 saturated carbocycles. The van der Waals surface area contributed by atoms with E-state index in [0.29, 0.717) is 27.2 Å². The number of benzene rings is 1. The number of nitrogens with one attached hydrogen (secondary N) is 1. The summed E-state index contributed by atoms with van der Waals surface area (Å²) in [7, 11) is 0. The fourth-order valence-corrected chi connectivity index (χ4v) is 3.74. The van der Waals surface area contributed by atoms with Crippen molar-refractivity contribution in [3.05, 3.63) is 63.6 Å². The van der Waals surface area contributed by atoms with Crippen LogP contribution in [0.3, 0.4) is 0 Å². The van der Waals surface area contributed by atoms with E-state index < -0.39 is 18.7 Å². The van der Waals surface area contributed by atoms with Crippen molar-refractivity contribution in [2.75, 3.05) is 11.9 Å². The maximum atomic E-state index is 14.3. The molecule has 0 spiro atoms. The Kier molecular flexibility index (Phi) is 6.57. The zero-order valence-corrected chi connectivity index (χ0v) is 20.3. The minimum atomic E-state index is -0.935. The second kappa shape index (κ2) is 9.97. The van der Waals surface area contributed by atoms with Crippen LogP contribution in [0.5, 0.6) is 11.8 Å². The molecule has 1 aliphatic rings. The van der Waals surface area contributed by atoms with E-state index in [4.69, 9.17) is 16.3 Å². The van der Waals surface area contributed by atoms with Gasteiger partial charge in [-0.15, -0.1) is 0 Å². The van der Waals surface area contributed by atoms with E-state index in [1.807, 2.05) is 0 Å². The number of aromatic nitrogens is 4. The van der Waals surface area contributed by atoms with Gasteiger partial charge in [-0.05, 0) is 44.0 Å². The molecular formula is C24H22ClFN6O5. The van der Waals surface area contributed by atoms with Crippen molar-refractivity contribution in [2.24, 2.45) is 4.99 Å². The molecule has 37 heavy (non-hydrogen) atoms. The zero-order valence-electron chi connectivity index (χ0n) is 19.6. The predicted octanol–water partition coefficient (Wildman–Crippen LogP) is 3.22. The van der Waals surface area contributed by atoms with Gasteiger partial charge in [0.2, 0.25) is 5.88 Å². The van der Waals surface area contributed by atoms with E-state index in [2.05, 4.69) is 25.1 Å². The minimum absolute atomic E-state index is 0.124. The van der Waals surface area contributed by atoms with Crippen LogP contribution in [0.15, 0.2) is 41.5 Å². The summed E-state index contributed by atoms with van der Waals surface area (Å²) in [6, 6.07) is 7.28. The van der Waals surface area contributed by atoms with Gasteiger partial charge in [-0.2, -0.15) is 9.61 Å². The van der Waals surface area contributed by atoms with Crippen LogP contribution in [0.1, 0.15) is 25.3 Å². The molecule has 0 aliphatic heterocycles. The molecule has 1 aromatic carbocycles. The lowest BCUT2D eigenvalue weighted by Crippen LogP contribution is -2.20. The number of carbonyl (C=O) groups is 1. The van der Waals surface area contributed by atoms with Crippen molar-refractivity contribution >= 4 is 41.0 Å². The van der Waals surface area contributed by atoms with E-state index in [1.54, 1.807) is 23.6 Å². The first-order valence-corrected chi connectivity index (χ1v) is 11.8. The molecule has 0 bridgehead atoms. The van der Waals surface area contributed by atoms with E-state index in [-0.39, 0.29) is 35.7 Å². The number of fused-ring (bicyclic) bond motifs is 1. The molecule has 4 aromatic rings. The molecule has 0 radical (unpaired) electrons. The Balaban J connectivity index is 1.56. The van der Waals surface area contributed by atoms with Crippen LogP contribution in [0.4, 0.5) is 20.7 Å². The Morgan fingerprint density at radius 1 is 1.30 bits per heavy atom. The molecule has 13 heteroatoms. The second-order valence-corrected chi connectivity index (χ2v) is 8.69. The van der Waals surface area contributed by atoms with E-state index >= 15 is 0 Å². The number of aromatic hydroxyl groups is 2. The Morgan fingerprint density at radius 2 is 2.11 bits per heavy atom. The number of nitrogens with zero attached hydrogens (tertiary/aromatic N) is 5. The molecule has 0 atom stereocenters. The van der Waals surface area contributed by atoms with Crippen LogP contribution in [0, 0.1) is 5.82 Å². The highest BCUT2D eigenvalue weighted by molar-refractivity contribution is 6.30. The van der Waals surface area contributed by atoms with Crippen LogP contribution < -0.4 is 16.0 Å². The number of ether oxygens (including phenoxy) is 2. The Morgan fingerprint density at radius 3 is 2.86 bits per heavy atom. The van der Waals surface area contributed by atoms with Gasteiger partial charge < -0.3 is 25.0 Å². The summed E-state index contributed by atoms with van der Waals surface area (Å²) in [5.41, 5.74) is 1.26. The summed E-state index contributed by atoms with van der Waals surface area (Å²) in [4.78, 5) is 20.7. The highest BCUT2D eigenvalue weighted by Gasteiger charge is 2.21. The van der Waals surface area contributed by atoms with Gasteiger partial charge in [0.25, 0.3) is 0 Å². The normalized spacial score (nSPS) is 14.4. The summed E-state index contributed by atoms with van der Waals surface area (Å²) in [5, 5.41) is 29.0. The Bertz CT molecular complexity index is 1610. The maximum absolute atomic E-state index is 14.3. The van der Waals surface area contributed by atoms with Crippen LogP contribution in [-0.2, 0) is 16.2 Å². The molecule has 1 aliphatic carbocycles. The molecule has 11 nitrogen and oxygen atoms in total. The lowest BCUT2D eigenvalue weighted by Gasteiger charge is -2.08. The Labute approximate surface area is 214 Å². The van der Waals surface area contributed by atoms with Crippen molar-refractivity contribution < 1.29 is 28.9 Å². The minimum Gasteiger partial charge on any atom is -0.494 e. The molecule has 0 amide bonds. The van der Waals surface area contributed by atoms with Crippen molar-refractivity contribution in [3.8, 4) is 11.8 Å². The average molecular weight is 529 g/mol. The standard InChI is InChI=1S/C24H22ClFN6O5/c1-2-36-24(35)37-12-31-21(33)8-13(23(31)34)7-14-11-27-32-20(28-16-4-5-16)10-19(30-22(14)32)29-18-9-15(25)3-6-17(18)26/h3,6-11,16,29,33-34H,2,4-5,12H2,1H3. The number of hydrogen-bond acceptors (Lipinski definition) is 9. The highest BCUT2D eigenvalue weighted by atomic mass is 35.5. The first-order chi connectivity index (χ1) is 17.8. The number of hydrogen-bond donors (Lipinski definition) is 3. The number of anilines is 2. The molecular weight excluding hydrogens is 507 g/mol. The largest absolute Gasteiger partial charge is 0.510 e. The summed E-state index contributed by atoms with van der Waals surface area (Å²) in [6.45, 7) is 1.29. The van der Waals surface area contributed by atoms with Gasteiger partial charge in [0, 0.05) is 27.9 Å². The molecule has 0 unspecified atom stereocenters. The molecule has 3 heterocycles. The second-order valence-electron chi connectivity index (χ2n) is 8.25. The van der Waals surface area contributed by atoms with Gasteiger partial charge in [-0.25, -0.2) is 18.7 Å². The SMILES string of the molecule is CCOC(=O)OCn1c(O)cc(C=c2cnn3c(=NC4CC4)cc(Nc4cc(Cl)ccc4F)nc23)c1O. The van der Waals surface area contributed by atoms with E-state index in [1.165, 1.54) is 30.5 Å². The Hall–Kier alpha value is -4.32. The van der Waals surface area contributed by atoms with Gasteiger partial charge in [0.15, 0.2) is 23.7 Å². The number of rotatable bonds is 7. The molecule has 3 aromatic heterocycles. The number of halogens is 2. The first kappa shape index (κ1) is 24.4. The molecule has 192 valence electrons. The predicted molar refractivity (Wildman–Crippen MR) is 131 cm³/mol. The van der Waals surface area contributed by atoms with Gasteiger partial charge >= 0.3 is 6.16 Å². The fourth-order valence-electron chi connectivity index (χ4n) is 3.57. The van der Waals surface area contributed by atoms with E-state index in [0.717, 1.165) is 17.4 Å². The van der Waals surface area contributed by atoms with Gasteiger partial charge in [0.05, 0.1) is 24.5 Å². The average Bonchev–Trinajstić information content (AvgIpc) is 3.52. The van der Waals surface area contributed by atoms with Crippen LogP contribution >= 0.6 is 11.6 Å². The topological polar surface area (TPSA) is 136 Å². The van der Waals surface area contributed by atoms with Gasteiger partial charge in [-0.3, -0.25) is 4.99 Å². The third-order valence-corrected chi connectivity index (χ3v) is 5.73. The lowest BCUT2D eigenvalue weighted by atomic mass is 10.2. The lowest BCUT2D eigenvalue weighted by molar-refractivity contribution is 0.0334. The first-order valence-electron chi connectivity index (χ1n) is 11.4. The quantitative estimate of drug-likeness (QED) is 0.311. The monoisotopic (exact) mass is 528 g/mol. The molecule has 0 saturated heterocycles. The summed E-state index contributed by atoms with van der Waals surface area (Å²) < 4.78 is 26.4. The van der Waals surface area contributed by atoms with Crippen LogP contribution in [-0.4, -0.2) is 48.2 Å². The maximum Gasteiger partial charge on any atom is 0.510 e. The third-order valence-electron chi connectivity index (χ3n) is 5.49. The molecule has 1 fully saturated rings. The summed E-state index contributed by atoms with van der Waals surface area (Å²) in [6.07, 6.45) is 4.07. The summed E-state index contributed by atoms with van der Waals surface area (Å²) in [5.74, 6) is -0.866. The van der Waals surface area contributed by atoms with Crippen molar-refractivity contribution in [3.63, 3.8) is 0 Å². The number of carbonyl (C=O) groups excluding carboxylic acids is 1. The third kappa shape index (κ3) is 5.28. The fraction of sp³-hybridized carbons (Fsp3) is 0.250. The smallest absolute Gasteiger partial charge is 0.494 e. The van der Waals surface area contributed by atoms with Crippen LogP contribution in [0.25, 0.3) is 11.7 Å². The van der Waals surface area contributed by atoms with Crippen molar-refractivity contribution in [1.82, 2.24) is 19.2 Å². The van der Waals surface area contributed by atoms with Crippen molar-refractivity contribution in [1.29, 1.82) is 0 Å². The van der Waals surface area contributed by atoms with Crippen LogP contribution in [0.2, 0.25) is 5.02 Å². The highest BCUT2D eigenvalue weighted by Crippen LogP contribution is 2.28. The van der Waals surface area contributed by atoms with E-state index in [9.17, 15) is 19.4 Å².